The molecule has 118 valence electrons. The molecule has 1 N–H and O–H groups in total. The molecule has 4 heteroatoms. The van der Waals surface area contributed by atoms with Gasteiger partial charge in [-0.05, 0) is 53.0 Å². The predicted octanol–water partition coefficient (Wildman–Crippen LogP) is 3.81. The summed E-state index contributed by atoms with van der Waals surface area (Å²) in [5.74, 6) is 0.899. The first-order valence-electron chi connectivity index (χ1n) is 7.90. The molecular formula is C17H27BrN2O. The Labute approximate surface area is 137 Å². The molecule has 1 aromatic carbocycles. The largest absolute Gasteiger partial charge is 0.496 e. The van der Waals surface area contributed by atoms with Gasteiger partial charge in [-0.15, -0.1) is 0 Å². The van der Waals surface area contributed by atoms with Gasteiger partial charge in [0.2, 0.25) is 0 Å². The molecule has 1 fully saturated rings. The van der Waals surface area contributed by atoms with Gasteiger partial charge in [-0.3, -0.25) is 4.90 Å². The summed E-state index contributed by atoms with van der Waals surface area (Å²) in [5, 5.41) is 3.59. The lowest BCUT2D eigenvalue weighted by Gasteiger charge is -2.36. The highest BCUT2D eigenvalue weighted by molar-refractivity contribution is 9.10. The second-order valence-electron chi connectivity index (χ2n) is 6.15. The van der Waals surface area contributed by atoms with Crippen LogP contribution in [0, 0.1) is 0 Å². The third kappa shape index (κ3) is 4.97. The van der Waals surface area contributed by atoms with Crippen LogP contribution in [0.4, 0.5) is 0 Å². The molecule has 0 saturated carbocycles. The first-order chi connectivity index (χ1) is 10.1. The van der Waals surface area contributed by atoms with Gasteiger partial charge in [-0.1, -0.05) is 26.3 Å². The number of hydrogen-bond donors (Lipinski definition) is 1. The smallest absolute Gasteiger partial charge is 0.133 e. The van der Waals surface area contributed by atoms with Gasteiger partial charge in [-0.2, -0.15) is 0 Å². The number of benzene rings is 1. The van der Waals surface area contributed by atoms with Crippen LogP contribution in [0.15, 0.2) is 22.7 Å². The van der Waals surface area contributed by atoms with Crippen molar-refractivity contribution in [3.63, 3.8) is 0 Å². The molecule has 21 heavy (non-hydrogen) atoms. The highest BCUT2D eigenvalue weighted by atomic mass is 79.9. The molecule has 2 rings (SSSR count). The van der Waals surface area contributed by atoms with Gasteiger partial charge >= 0.3 is 0 Å². The van der Waals surface area contributed by atoms with E-state index in [-0.39, 0.29) is 0 Å². The van der Waals surface area contributed by atoms with Crippen LogP contribution >= 0.6 is 15.9 Å². The van der Waals surface area contributed by atoms with Crippen LogP contribution in [0.3, 0.4) is 0 Å². The van der Waals surface area contributed by atoms with Gasteiger partial charge in [-0.25, -0.2) is 0 Å². The molecule has 1 aliphatic heterocycles. The van der Waals surface area contributed by atoms with Crippen molar-refractivity contribution < 1.29 is 4.74 Å². The van der Waals surface area contributed by atoms with E-state index in [4.69, 9.17) is 4.74 Å². The molecule has 0 amide bonds. The van der Waals surface area contributed by atoms with Gasteiger partial charge in [0.05, 0.1) is 11.6 Å². The third-order valence-corrected chi connectivity index (χ3v) is 4.73. The molecule has 0 bridgehead atoms. The molecule has 0 aromatic heterocycles. The fourth-order valence-corrected chi connectivity index (χ4v) is 3.50. The van der Waals surface area contributed by atoms with Gasteiger partial charge in [0, 0.05) is 25.2 Å². The van der Waals surface area contributed by atoms with Gasteiger partial charge < -0.3 is 10.1 Å². The lowest BCUT2D eigenvalue weighted by molar-refractivity contribution is 0.135. The Balaban J connectivity index is 1.99. The van der Waals surface area contributed by atoms with Crippen LogP contribution < -0.4 is 10.1 Å². The Morgan fingerprint density at radius 3 is 2.86 bits per heavy atom. The molecule has 1 aromatic rings. The summed E-state index contributed by atoms with van der Waals surface area (Å²) in [5.41, 5.74) is 1.35. The predicted molar refractivity (Wildman–Crippen MR) is 91.9 cm³/mol. The average Bonchev–Trinajstić information content (AvgIpc) is 2.46. The first kappa shape index (κ1) is 16.8. The zero-order valence-corrected chi connectivity index (χ0v) is 14.9. The number of methoxy groups -OCH3 is 1. The summed E-state index contributed by atoms with van der Waals surface area (Å²) in [6.07, 6.45) is 3.97. The summed E-state index contributed by atoms with van der Waals surface area (Å²) in [6.45, 7) is 7.75. The molecular weight excluding hydrogens is 328 g/mol. The summed E-state index contributed by atoms with van der Waals surface area (Å²) in [7, 11) is 1.71. The van der Waals surface area contributed by atoms with Gasteiger partial charge in [0.25, 0.3) is 0 Å². The van der Waals surface area contributed by atoms with Crippen LogP contribution in [0.5, 0.6) is 5.75 Å². The van der Waals surface area contributed by atoms with Crippen molar-refractivity contribution in [3.05, 3.63) is 28.2 Å². The minimum atomic E-state index is 0.559. The van der Waals surface area contributed by atoms with E-state index in [2.05, 4.69) is 52.1 Å². The second-order valence-corrected chi connectivity index (χ2v) is 7.01. The quantitative estimate of drug-likeness (QED) is 0.840. The van der Waals surface area contributed by atoms with E-state index in [0.717, 1.165) is 23.3 Å². The fraction of sp³-hybridized carbons (Fsp3) is 0.647. The highest BCUT2D eigenvalue weighted by Gasteiger charge is 2.22. The molecule has 3 nitrogen and oxygen atoms in total. The maximum Gasteiger partial charge on any atom is 0.133 e. The Morgan fingerprint density at radius 2 is 2.19 bits per heavy atom. The zero-order chi connectivity index (χ0) is 15.2. The van der Waals surface area contributed by atoms with Gasteiger partial charge in [0.15, 0.2) is 0 Å². The lowest BCUT2D eigenvalue weighted by atomic mass is 10.0. The van der Waals surface area contributed by atoms with Crippen molar-refractivity contribution in [2.24, 2.45) is 0 Å². The number of nitrogens with one attached hydrogen (secondary N) is 1. The van der Waals surface area contributed by atoms with Crippen LogP contribution in [0.2, 0.25) is 0 Å². The molecule has 1 heterocycles. The number of likely N-dealkylation sites (tertiary alicyclic amines) is 1. The topological polar surface area (TPSA) is 24.5 Å². The van der Waals surface area contributed by atoms with Crippen molar-refractivity contribution in [2.75, 3.05) is 20.2 Å². The number of halogens is 1. The normalized spacial score (nSPS) is 20.0. The first-order valence-corrected chi connectivity index (χ1v) is 8.69. The maximum absolute atomic E-state index is 5.31. The molecule has 0 aliphatic carbocycles. The molecule has 0 spiro atoms. The zero-order valence-electron chi connectivity index (χ0n) is 13.4. The molecule has 1 atom stereocenters. The van der Waals surface area contributed by atoms with Crippen LogP contribution in [-0.2, 0) is 6.54 Å². The van der Waals surface area contributed by atoms with E-state index in [9.17, 15) is 0 Å². The molecule has 0 radical (unpaired) electrons. The number of nitrogens with zero attached hydrogens (tertiary/aromatic N) is 1. The van der Waals surface area contributed by atoms with E-state index >= 15 is 0 Å². The Hall–Kier alpha value is -0.580. The number of rotatable bonds is 6. The monoisotopic (exact) mass is 354 g/mol. The standard InChI is InChI=1S/C17H27BrN2O/c1-13(2)19-11-15-6-4-5-9-20(15)12-14-7-8-17(21-3)16(18)10-14/h7-8,10,13,15,19H,4-6,9,11-12H2,1-3H3. The van der Waals surface area contributed by atoms with E-state index in [1.165, 1.54) is 31.4 Å². The summed E-state index contributed by atoms with van der Waals surface area (Å²) >= 11 is 3.58. The van der Waals surface area contributed by atoms with Crippen LogP contribution in [0.1, 0.15) is 38.7 Å². The fourth-order valence-electron chi connectivity index (χ4n) is 2.91. The van der Waals surface area contributed by atoms with Crippen molar-refractivity contribution in [2.45, 2.75) is 51.7 Å². The van der Waals surface area contributed by atoms with Crippen molar-refractivity contribution in [1.82, 2.24) is 10.2 Å². The molecule has 1 aliphatic rings. The third-order valence-electron chi connectivity index (χ3n) is 4.11. The SMILES string of the molecule is COc1ccc(CN2CCCCC2CNC(C)C)cc1Br. The summed E-state index contributed by atoms with van der Waals surface area (Å²) < 4.78 is 6.34. The van der Waals surface area contributed by atoms with E-state index in [1.807, 2.05) is 6.07 Å². The number of piperidine rings is 1. The minimum Gasteiger partial charge on any atom is -0.496 e. The van der Waals surface area contributed by atoms with Crippen LogP contribution in [-0.4, -0.2) is 37.2 Å². The Kier molecular flexibility index (Phi) is 6.52. The van der Waals surface area contributed by atoms with Crippen molar-refractivity contribution >= 4 is 15.9 Å². The molecule has 1 unspecified atom stereocenters. The Bertz CT molecular complexity index is 450. The van der Waals surface area contributed by atoms with Crippen molar-refractivity contribution in [3.8, 4) is 5.75 Å². The van der Waals surface area contributed by atoms with Crippen LogP contribution in [0.25, 0.3) is 0 Å². The van der Waals surface area contributed by atoms with Crippen molar-refractivity contribution in [1.29, 1.82) is 0 Å². The highest BCUT2D eigenvalue weighted by Crippen LogP contribution is 2.27. The summed E-state index contributed by atoms with van der Waals surface area (Å²) in [4.78, 5) is 2.62. The average molecular weight is 355 g/mol. The lowest BCUT2D eigenvalue weighted by Crippen LogP contribution is -2.46. The molecule has 1 saturated heterocycles. The van der Waals surface area contributed by atoms with E-state index < -0.39 is 0 Å². The summed E-state index contributed by atoms with van der Waals surface area (Å²) in [6, 6.07) is 7.61. The Morgan fingerprint density at radius 1 is 1.38 bits per heavy atom. The van der Waals surface area contributed by atoms with E-state index in [1.54, 1.807) is 7.11 Å². The van der Waals surface area contributed by atoms with E-state index in [0.29, 0.717) is 12.1 Å². The maximum atomic E-state index is 5.31. The second kappa shape index (κ2) is 8.16. The number of ether oxygens (including phenoxy) is 1. The number of hydrogen-bond acceptors (Lipinski definition) is 3. The van der Waals surface area contributed by atoms with Gasteiger partial charge in [0.1, 0.15) is 5.75 Å². The minimum absolute atomic E-state index is 0.559.